The van der Waals surface area contributed by atoms with Gasteiger partial charge in [0.15, 0.2) is 0 Å². The van der Waals surface area contributed by atoms with Crippen LogP contribution in [0.15, 0.2) is 36.9 Å². The maximum Gasteiger partial charge on any atom is 0.150 e. The first-order valence-electron chi connectivity index (χ1n) is 5.75. The summed E-state index contributed by atoms with van der Waals surface area (Å²) < 4.78 is 0. The molecule has 0 spiro atoms. The van der Waals surface area contributed by atoms with Crippen molar-refractivity contribution >= 4 is 5.78 Å². The number of rotatable bonds is 4. The highest BCUT2D eigenvalue weighted by atomic mass is 16.1. The van der Waals surface area contributed by atoms with Crippen molar-refractivity contribution in [1.29, 1.82) is 0 Å². The highest BCUT2D eigenvalue weighted by Crippen LogP contribution is 2.17. The number of carbonyl (C=O) groups is 1. The zero-order valence-electron chi connectivity index (χ0n) is 9.41. The Hall–Kier alpha value is -1.41. The number of Topliss-reactive ketones (excluding diaryl/α,β-unsaturated/α-hetero) is 1. The van der Waals surface area contributed by atoms with Crippen LogP contribution in [-0.2, 0) is 17.8 Å². The van der Waals surface area contributed by atoms with Gasteiger partial charge in [-0.05, 0) is 24.0 Å². The highest BCUT2D eigenvalue weighted by molar-refractivity contribution is 5.84. The van der Waals surface area contributed by atoms with Gasteiger partial charge in [0.05, 0.1) is 6.04 Å². The molecule has 0 saturated heterocycles. The first-order chi connectivity index (χ1) is 7.81. The second-order valence-electron chi connectivity index (χ2n) is 4.20. The van der Waals surface area contributed by atoms with Crippen molar-refractivity contribution in [1.82, 2.24) is 5.32 Å². The molecule has 1 N–H and O–H groups in total. The maximum atomic E-state index is 11.9. The molecule has 2 rings (SSSR count). The first kappa shape index (κ1) is 11.1. The van der Waals surface area contributed by atoms with E-state index in [-0.39, 0.29) is 6.04 Å². The molecule has 1 atom stereocenters. The third kappa shape index (κ3) is 2.39. The van der Waals surface area contributed by atoms with Crippen LogP contribution in [0.4, 0.5) is 0 Å². The monoisotopic (exact) mass is 215 g/mol. The van der Waals surface area contributed by atoms with Gasteiger partial charge in [0.1, 0.15) is 5.78 Å². The van der Waals surface area contributed by atoms with Crippen molar-refractivity contribution in [2.75, 3.05) is 0 Å². The number of nitrogens with one attached hydrogen (secondary N) is 1. The van der Waals surface area contributed by atoms with E-state index in [1.54, 1.807) is 6.08 Å². The summed E-state index contributed by atoms with van der Waals surface area (Å²) in [5.74, 6) is 0.300. The Kier molecular flexibility index (Phi) is 3.52. The van der Waals surface area contributed by atoms with Gasteiger partial charge in [0.25, 0.3) is 0 Å². The lowest BCUT2D eigenvalue weighted by atomic mass is 9.92. The highest BCUT2D eigenvalue weighted by Gasteiger charge is 2.22. The standard InChI is InChI=1S/C14H17NO/c1-2-3-8-14(16)13-9-11-6-4-5-7-12(11)10-15-13/h2,4-7,13,15H,1,3,8-10H2. The molecule has 1 aromatic carbocycles. The van der Waals surface area contributed by atoms with Gasteiger partial charge in [-0.15, -0.1) is 6.58 Å². The smallest absolute Gasteiger partial charge is 0.150 e. The summed E-state index contributed by atoms with van der Waals surface area (Å²) in [4.78, 5) is 11.9. The van der Waals surface area contributed by atoms with Crippen LogP contribution in [-0.4, -0.2) is 11.8 Å². The summed E-state index contributed by atoms with van der Waals surface area (Å²) in [6, 6.07) is 8.31. The van der Waals surface area contributed by atoms with Crippen LogP contribution in [0.5, 0.6) is 0 Å². The lowest BCUT2D eigenvalue weighted by molar-refractivity contribution is -0.121. The molecule has 0 aliphatic carbocycles. The molecule has 1 heterocycles. The van der Waals surface area contributed by atoms with Gasteiger partial charge < -0.3 is 5.32 Å². The Balaban J connectivity index is 2.02. The summed E-state index contributed by atoms with van der Waals surface area (Å²) in [5, 5.41) is 3.30. The molecule has 1 unspecified atom stereocenters. The first-order valence-corrected chi connectivity index (χ1v) is 5.75. The molecule has 1 aromatic rings. The van der Waals surface area contributed by atoms with Gasteiger partial charge in [-0.2, -0.15) is 0 Å². The SMILES string of the molecule is C=CCCC(=O)C1Cc2ccccc2CN1. The minimum absolute atomic E-state index is 0.00477. The second kappa shape index (κ2) is 5.08. The topological polar surface area (TPSA) is 29.1 Å². The van der Waals surface area contributed by atoms with Crippen LogP contribution in [0.25, 0.3) is 0 Å². The van der Waals surface area contributed by atoms with Crippen LogP contribution in [0.2, 0.25) is 0 Å². The van der Waals surface area contributed by atoms with E-state index >= 15 is 0 Å². The average molecular weight is 215 g/mol. The Morgan fingerprint density at radius 3 is 2.94 bits per heavy atom. The Labute approximate surface area is 96.4 Å². The van der Waals surface area contributed by atoms with E-state index in [2.05, 4.69) is 24.0 Å². The number of carbonyl (C=O) groups excluding carboxylic acids is 1. The van der Waals surface area contributed by atoms with Crippen LogP contribution >= 0.6 is 0 Å². The molecule has 2 heteroatoms. The Morgan fingerprint density at radius 2 is 2.19 bits per heavy atom. The van der Waals surface area contributed by atoms with Crippen LogP contribution in [0.1, 0.15) is 24.0 Å². The normalized spacial score (nSPS) is 18.9. The molecule has 0 saturated carbocycles. The largest absolute Gasteiger partial charge is 0.303 e. The minimum Gasteiger partial charge on any atom is -0.303 e. The molecule has 0 bridgehead atoms. The molecule has 84 valence electrons. The quantitative estimate of drug-likeness (QED) is 0.780. The van der Waals surface area contributed by atoms with Crippen LogP contribution in [0.3, 0.4) is 0 Å². The van der Waals surface area contributed by atoms with E-state index in [1.165, 1.54) is 11.1 Å². The molecular weight excluding hydrogens is 198 g/mol. The van der Waals surface area contributed by atoms with Crippen LogP contribution in [0, 0.1) is 0 Å². The van der Waals surface area contributed by atoms with E-state index in [0.717, 1.165) is 19.4 Å². The van der Waals surface area contributed by atoms with Gasteiger partial charge in [0, 0.05) is 13.0 Å². The Bertz CT molecular complexity index is 397. The summed E-state index contributed by atoms with van der Waals surface area (Å²) in [6.07, 6.45) is 4.00. The molecule has 1 aliphatic heterocycles. The van der Waals surface area contributed by atoms with Gasteiger partial charge in [-0.25, -0.2) is 0 Å². The van der Waals surface area contributed by atoms with Crippen molar-refractivity contribution < 1.29 is 4.79 Å². The predicted molar refractivity (Wildman–Crippen MR) is 65.2 cm³/mol. The third-order valence-electron chi connectivity index (χ3n) is 3.06. The zero-order valence-corrected chi connectivity index (χ0v) is 9.41. The fourth-order valence-corrected chi connectivity index (χ4v) is 2.10. The minimum atomic E-state index is -0.00477. The number of hydrogen-bond acceptors (Lipinski definition) is 2. The van der Waals surface area contributed by atoms with Crippen LogP contribution < -0.4 is 5.32 Å². The molecule has 0 aromatic heterocycles. The molecule has 0 fully saturated rings. The molecule has 0 radical (unpaired) electrons. The second-order valence-corrected chi connectivity index (χ2v) is 4.20. The zero-order chi connectivity index (χ0) is 11.4. The fraction of sp³-hybridized carbons (Fsp3) is 0.357. The summed E-state index contributed by atoms with van der Waals surface area (Å²) in [5.41, 5.74) is 2.62. The van der Waals surface area contributed by atoms with Crippen molar-refractivity contribution in [3.05, 3.63) is 48.0 Å². The summed E-state index contributed by atoms with van der Waals surface area (Å²) in [7, 11) is 0. The van der Waals surface area contributed by atoms with E-state index < -0.39 is 0 Å². The van der Waals surface area contributed by atoms with Crippen molar-refractivity contribution in [3.8, 4) is 0 Å². The van der Waals surface area contributed by atoms with E-state index in [1.807, 2.05) is 12.1 Å². The van der Waals surface area contributed by atoms with Crippen molar-refractivity contribution in [2.24, 2.45) is 0 Å². The predicted octanol–water partition coefficient (Wildman–Crippen LogP) is 2.24. The van der Waals surface area contributed by atoms with Gasteiger partial charge in [-0.3, -0.25) is 4.79 Å². The number of hydrogen-bond donors (Lipinski definition) is 1. The number of allylic oxidation sites excluding steroid dienone is 1. The van der Waals surface area contributed by atoms with Gasteiger partial charge in [-0.1, -0.05) is 30.3 Å². The Morgan fingerprint density at radius 1 is 1.44 bits per heavy atom. The van der Waals surface area contributed by atoms with E-state index in [4.69, 9.17) is 0 Å². The maximum absolute atomic E-state index is 11.9. The number of benzene rings is 1. The van der Waals surface area contributed by atoms with Gasteiger partial charge in [0.2, 0.25) is 0 Å². The van der Waals surface area contributed by atoms with Gasteiger partial charge >= 0.3 is 0 Å². The van der Waals surface area contributed by atoms with E-state index in [9.17, 15) is 4.79 Å². The molecular formula is C14H17NO. The fourth-order valence-electron chi connectivity index (χ4n) is 2.10. The lowest BCUT2D eigenvalue weighted by Gasteiger charge is -2.24. The number of fused-ring (bicyclic) bond motifs is 1. The summed E-state index contributed by atoms with van der Waals surface area (Å²) in [6.45, 7) is 4.45. The van der Waals surface area contributed by atoms with E-state index in [0.29, 0.717) is 12.2 Å². The summed E-state index contributed by atoms with van der Waals surface area (Å²) >= 11 is 0. The lowest BCUT2D eigenvalue weighted by Crippen LogP contribution is -2.41. The average Bonchev–Trinajstić information content (AvgIpc) is 2.35. The molecule has 2 nitrogen and oxygen atoms in total. The van der Waals surface area contributed by atoms with Crippen molar-refractivity contribution in [2.45, 2.75) is 31.8 Å². The third-order valence-corrected chi connectivity index (χ3v) is 3.06. The molecule has 1 aliphatic rings. The van der Waals surface area contributed by atoms with Crippen molar-refractivity contribution in [3.63, 3.8) is 0 Å². The number of ketones is 1. The molecule has 16 heavy (non-hydrogen) atoms. The molecule has 0 amide bonds.